The molecule has 0 amide bonds. The van der Waals surface area contributed by atoms with Crippen LogP contribution < -0.4 is 0 Å². The summed E-state index contributed by atoms with van der Waals surface area (Å²) in [5.41, 5.74) is 0. The van der Waals surface area contributed by atoms with Crippen LogP contribution in [-0.2, 0) is 9.84 Å². The molecule has 1 aliphatic rings. The lowest BCUT2D eigenvalue weighted by molar-refractivity contribution is 0.593. The highest BCUT2D eigenvalue weighted by Gasteiger charge is 2.26. The fraction of sp³-hybridized carbons (Fsp3) is 1.00. The number of rotatable bonds is 0. The first-order valence-corrected chi connectivity index (χ1v) is 4.56. The highest BCUT2D eigenvalue weighted by atomic mass is 32.2. The Morgan fingerprint density at radius 3 is 2.25 bits per heavy atom. The molecule has 0 saturated carbocycles. The van der Waals surface area contributed by atoms with Gasteiger partial charge in [0.05, 0.1) is 11.0 Å². The maximum Gasteiger partial charge on any atom is 0.152 e. The maximum absolute atomic E-state index is 10.8. The van der Waals surface area contributed by atoms with Crippen molar-refractivity contribution in [1.82, 2.24) is 0 Å². The Labute approximate surface area is 49.8 Å². The fourth-order valence-electron chi connectivity index (χ4n) is 0.953. The van der Waals surface area contributed by atoms with Crippen LogP contribution in [0.1, 0.15) is 19.8 Å². The Bertz CT molecular complexity index is 169. The van der Waals surface area contributed by atoms with E-state index in [0.29, 0.717) is 5.75 Å². The van der Waals surface area contributed by atoms with Crippen LogP contribution in [0.4, 0.5) is 0 Å². The first kappa shape index (κ1) is 6.08. The van der Waals surface area contributed by atoms with Crippen LogP contribution in [0.3, 0.4) is 0 Å². The lowest BCUT2D eigenvalue weighted by Crippen LogP contribution is -2.10. The van der Waals surface area contributed by atoms with E-state index in [9.17, 15) is 8.42 Å². The first-order valence-electron chi connectivity index (χ1n) is 2.84. The maximum atomic E-state index is 10.8. The van der Waals surface area contributed by atoms with Gasteiger partial charge in [0.25, 0.3) is 0 Å². The number of hydrogen-bond donors (Lipinski definition) is 0. The van der Waals surface area contributed by atoms with Gasteiger partial charge in [0.1, 0.15) is 0 Å². The molecule has 48 valence electrons. The van der Waals surface area contributed by atoms with Crippen LogP contribution in [-0.4, -0.2) is 19.4 Å². The minimum absolute atomic E-state index is 0.0671. The molecule has 0 unspecified atom stereocenters. The largest absolute Gasteiger partial charge is 0.229 e. The average molecular weight is 134 g/mol. The summed E-state index contributed by atoms with van der Waals surface area (Å²) in [7, 11) is -2.62. The molecule has 1 rings (SSSR count). The summed E-state index contributed by atoms with van der Waals surface area (Å²) in [6.45, 7) is 1.78. The molecule has 1 aliphatic heterocycles. The predicted molar refractivity (Wildman–Crippen MR) is 32.5 cm³/mol. The molecule has 0 aromatic carbocycles. The van der Waals surface area contributed by atoms with Crippen molar-refractivity contribution in [2.45, 2.75) is 25.0 Å². The Kier molecular flexibility index (Phi) is 1.31. The van der Waals surface area contributed by atoms with Crippen molar-refractivity contribution >= 4 is 9.84 Å². The van der Waals surface area contributed by atoms with Gasteiger partial charge in [-0.15, -0.1) is 0 Å². The third kappa shape index (κ3) is 0.869. The minimum atomic E-state index is -2.62. The van der Waals surface area contributed by atoms with Crippen molar-refractivity contribution < 1.29 is 8.42 Å². The molecule has 0 bridgehead atoms. The molecule has 0 radical (unpaired) electrons. The molecule has 1 saturated heterocycles. The molecule has 0 aromatic heterocycles. The fourth-order valence-corrected chi connectivity index (χ4v) is 2.45. The van der Waals surface area contributed by atoms with Crippen LogP contribution in [0, 0.1) is 0 Å². The monoisotopic (exact) mass is 134 g/mol. The quantitative estimate of drug-likeness (QED) is 0.485. The summed E-state index contributed by atoms with van der Waals surface area (Å²) in [5.74, 6) is 0.411. The second kappa shape index (κ2) is 1.72. The lowest BCUT2D eigenvalue weighted by Gasteiger charge is -1.96. The van der Waals surface area contributed by atoms with E-state index in [1.807, 2.05) is 0 Å². The van der Waals surface area contributed by atoms with Gasteiger partial charge in [-0.05, 0) is 19.8 Å². The van der Waals surface area contributed by atoms with Crippen LogP contribution >= 0.6 is 0 Å². The van der Waals surface area contributed by atoms with Crippen LogP contribution in [0.15, 0.2) is 0 Å². The second-order valence-electron chi connectivity index (χ2n) is 2.32. The molecule has 0 spiro atoms. The summed E-state index contributed by atoms with van der Waals surface area (Å²) in [4.78, 5) is 0. The van der Waals surface area contributed by atoms with Gasteiger partial charge < -0.3 is 0 Å². The molecular formula is C5H10O2S. The van der Waals surface area contributed by atoms with Gasteiger partial charge in [-0.3, -0.25) is 0 Å². The van der Waals surface area contributed by atoms with Crippen molar-refractivity contribution in [3.05, 3.63) is 0 Å². The summed E-state index contributed by atoms with van der Waals surface area (Å²) in [6, 6.07) is 0. The van der Waals surface area contributed by atoms with Crippen molar-refractivity contribution in [2.75, 3.05) is 5.75 Å². The van der Waals surface area contributed by atoms with E-state index in [1.54, 1.807) is 6.92 Å². The Hall–Kier alpha value is -0.0500. The molecule has 0 aromatic rings. The van der Waals surface area contributed by atoms with Crippen LogP contribution in [0.5, 0.6) is 0 Å². The summed E-state index contributed by atoms with van der Waals surface area (Å²) < 4.78 is 21.5. The van der Waals surface area contributed by atoms with E-state index >= 15 is 0 Å². The third-order valence-electron chi connectivity index (χ3n) is 1.65. The van der Waals surface area contributed by atoms with Crippen molar-refractivity contribution in [3.8, 4) is 0 Å². The molecule has 1 fully saturated rings. The van der Waals surface area contributed by atoms with Gasteiger partial charge in [-0.2, -0.15) is 0 Å². The topological polar surface area (TPSA) is 34.1 Å². The highest BCUT2D eigenvalue weighted by molar-refractivity contribution is 7.92. The van der Waals surface area contributed by atoms with Crippen molar-refractivity contribution in [2.24, 2.45) is 0 Å². The van der Waals surface area contributed by atoms with E-state index in [0.717, 1.165) is 12.8 Å². The van der Waals surface area contributed by atoms with Crippen molar-refractivity contribution in [1.29, 1.82) is 0 Å². The lowest BCUT2D eigenvalue weighted by atomic mass is 10.3. The third-order valence-corrected chi connectivity index (χ3v) is 3.97. The van der Waals surface area contributed by atoms with E-state index in [-0.39, 0.29) is 5.25 Å². The number of sulfone groups is 1. The van der Waals surface area contributed by atoms with Crippen LogP contribution in [0.25, 0.3) is 0 Å². The van der Waals surface area contributed by atoms with Gasteiger partial charge in [-0.1, -0.05) is 0 Å². The Balaban J connectivity index is 2.85. The normalized spacial score (nSPS) is 35.4. The van der Waals surface area contributed by atoms with Crippen molar-refractivity contribution in [3.63, 3.8) is 0 Å². The molecule has 0 aliphatic carbocycles. The molecule has 3 heteroatoms. The molecule has 0 N–H and O–H groups in total. The zero-order valence-electron chi connectivity index (χ0n) is 4.92. The van der Waals surface area contributed by atoms with E-state index in [4.69, 9.17) is 0 Å². The SMILES string of the molecule is C[C@H]1CCCS1(=O)=O. The number of hydrogen-bond acceptors (Lipinski definition) is 2. The molecule has 8 heavy (non-hydrogen) atoms. The summed E-state index contributed by atoms with van der Waals surface area (Å²) >= 11 is 0. The van der Waals surface area contributed by atoms with Crippen LogP contribution in [0.2, 0.25) is 0 Å². The summed E-state index contributed by atoms with van der Waals surface area (Å²) in [6.07, 6.45) is 1.73. The Morgan fingerprint density at radius 2 is 2.12 bits per heavy atom. The predicted octanol–water partition coefficient (Wildman–Crippen LogP) is 0.584. The van der Waals surface area contributed by atoms with Gasteiger partial charge in [0.15, 0.2) is 9.84 Å². The second-order valence-corrected chi connectivity index (χ2v) is 4.86. The zero-order chi connectivity index (χ0) is 6.20. The first-order chi connectivity index (χ1) is 3.63. The molecule has 1 heterocycles. The minimum Gasteiger partial charge on any atom is -0.229 e. The Morgan fingerprint density at radius 1 is 1.50 bits per heavy atom. The van der Waals surface area contributed by atoms with Gasteiger partial charge in [0, 0.05) is 0 Å². The van der Waals surface area contributed by atoms with E-state index in [1.165, 1.54) is 0 Å². The standard InChI is InChI=1S/C5H10O2S/c1-5-3-2-4-8(5,6)7/h5H,2-4H2,1H3/t5-/m0/s1. The zero-order valence-corrected chi connectivity index (χ0v) is 5.74. The van der Waals surface area contributed by atoms with E-state index in [2.05, 4.69) is 0 Å². The highest BCUT2D eigenvalue weighted by Crippen LogP contribution is 2.18. The van der Waals surface area contributed by atoms with Gasteiger partial charge >= 0.3 is 0 Å². The smallest absolute Gasteiger partial charge is 0.152 e. The average Bonchev–Trinajstić information content (AvgIpc) is 1.86. The van der Waals surface area contributed by atoms with Gasteiger partial charge in [0.2, 0.25) is 0 Å². The molecular weight excluding hydrogens is 124 g/mol. The summed E-state index contributed by atoms with van der Waals surface area (Å²) in [5, 5.41) is -0.0671. The van der Waals surface area contributed by atoms with E-state index < -0.39 is 9.84 Å². The van der Waals surface area contributed by atoms with Gasteiger partial charge in [-0.25, -0.2) is 8.42 Å². The molecule has 1 atom stereocenters. The molecule has 2 nitrogen and oxygen atoms in total.